The first-order chi connectivity index (χ1) is 15.2. The zero-order chi connectivity index (χ0) is 22.6. The van der Waals surface area contributed by atoms with Crippen molar-refractivity contribution in [3.63, 3.8) is 0 Å². The topological polar surface area (TPSA) is 101 Å². The number of carbonyl (C=O) groups excluding carboxylic acids is 2. The van der Waals surface area contributed by atoms with Crippen LogP contribution in [0.2, 0.25) is 0 Å². The molecule has 0 bridgehead atoms. The summed E-state index contributed by atoms with van der Waals surface area (Å²) in [6.45, 7) is 4.36. The van der Waals surface area contributed by atoms with Crippen molar-refractivity contribution in [3.8, 4) is 0 Å². The van der Waals surface area contributed by atoms with Gasteiger partial charge in [0.05, 0.1) is 29.2 Å². The molecule has 0 radical (unpaired) electrons. The number of hydrogen-bond acceptors (Lipinski definition) is 6. The van der Waals surface area contributed by atoms with E-state index in [2.05, 4.69) is 10.4 Å². The van der Waals surface area contributed by atoms with Crippen molar-refractivity contribution in [2.24, 2.45) is 5.92 Å². The molecule has 2 unspecified atom stereocenters. The molecule has 2 saturated heterocycles. The summed E-state index contributed by atoms with van der Waals surface area (Å²) >= 11 is 1.73. The largest absolute Gasteiger partial charge is 0.312 e. The molecule has 0 spiro atoms. The molecule has 170 valence electrons. The maximum Gasteiger partial charge on any atom is 0.230 e. The number of amides is 2. The van der Waals surface area contributed by atoms with Crippen LogP contribution in [0.15, 0.2) is 18.2 Å². The number of benzene rings is 1. The van der Waals surface area contributed by atoms with Crippen molar-refractivity contribution in [1.82, 2.24) is 9.78 Å². The zero-order valence-electron chi connectivity index (χ0n) is 18.1. The first-order valence-electron chi connectivity index (χ1n) is 10.8. The molecule has 8 nitrogen and oxygen atoms in total. The van der Waals surface area contributed by atoms with E-state index in [-0.39, 0.29) is 35.8 Å². The lowest BCUT2D eigenvalue weighted by Crippen LogP contribution is -2.29. The van der Waals surface area contributed by atoms with Crippen LogP contribution in [0.4, 0.5) is 11.5 Å². The predicted molar refractivity (Wildman–Crippen MR) is 125 cm³/mol. The van der Waals surface area contributed by atoms with Gasteiger partial charge in [0, 0.05) is 35.7 Å². The zero-order valence-corrected chi connectivity index (χ0v) is 19.8. The molecule has 2 atom stereocenters. The number of hydrogen-bond donors (Lipinski definition) is 1. The van der Waals surface area contributed by atoms with Gasteiger partial charge in [0.15, 0.2) is 9.84 Å². The summed E-state index contributed by atoms with van der Waals surface area (Å²) in [5, 5.41) is 7.68. The van der Waals surface area contributed by atoms with Crippen LogP contribution >= 0.6 is 11.8 Å². The van der Waals surface area contributed by atoms with Crippen molar-refractivity contribution in [2.45, 2.75) is 44.2 Å². The van der Waals surface area contributed by atoms with Gasteiger partial charge >= 0.3 is 0 Å². The first kappa shape index (κ1) is 21.5. The Labute approximate surface area is 191 Å². The monoisotopic (exact) mass is 474 g/mol. The molecular weight excluding hydrogens is 448 g/mol. The lowest BCUT2D eigenvalue weighted by atomic mass is 10.1. The van der Waals surface area contributed by atoms with Gasteiger partial charge in [0.2, 0.25) is 11.8 Å². The number of fused-ring (bicyclic) bond motifs is 1. The van der Waals surface area contributed by atoms with E-state index in [0.717, 1.165) is 39.6 Å². The molecule has 32 heavy (non-hydrogen) atoms. The number of rotatable bonds is 4. The number of nitrogens with one attached hydrogen (secondary N) is 1. The maximum absolute atomic E-state index is 13.2. The molecule has 0 saturated carbocycles. The van der Waals surface area contributed by atoms with Crippen LogP contribution in [-0.4, -0.2) is 48.1 Å². The van der Waals surface area contributed by atoms with E-state index in [1.807, 2.05) is 32.0 Å². The minimum atomic E-state index is -3.08. The molecule has 1 N–H and O–H groups in total. The molecular formula is C22H26N4O4S2. The van der Waals surface area contributed by atoms with Gasteiger partial charge in [-0.3, -0.25) is 9.59 Å². The lowest BCUT2D eigenvalue weighted by Gasteiger charge is -2.19. The molecule has 1 aromatic heterocycles. The van der Waals surface area contributed by atoms with Gasteiger partial charge in [0.25, 0.3) is 0 Å². The number of carbonyl (C=O) groups is 2. The van der Waals surface area contributed by atoms with Gasteiger partial charge in [0.1, 0.15) is 5.82 Å². The van der Waals surface area contributed by atoms with Crippen LogP contribution in [0.1, 0.15) is 41.3 Å². The fraction of sp³-hybridized carbons (Fsp3) is 0.500. The van der Waals surface area contributed by atoms with E-state index in [1.54, 1.807) is 21.3 Å². The van der Waals surface area contributed by atoms with E-state index in [1.165, 1.54) is 0 Å². The SMILES string of the molecule is Cc1ccc(N2CC(C(=O)Nc3c4c(nn3C3CCS(=O)(=O)C3)CSC4)CC2=O)cc1C. The third-order valence-corrected chi connectivity index (χ3v) is 9.39. The number of thioether (sulfide) groups is 1. The van der Waals surface area contributed by atoms with Gasteiger partial charge in [-0.15, -0.1) is 0 Å². The predicted octanol–water partition coefficient (Wildman–Crippen LogP) is 2.60. The molecule has 2 fully saturated rings. The van der Waals surface area contributed by atoms with Gasteiger partial charge in [-0.25, -0.2) is 13.1 Å². The van der Waals surface area contributed by atoms with Crippen LogP contribution in [0.5, 0.6) is 0 Å². The van der Waals surface area contributed by atoms with Crippen molar-refractivity contribution in [1.29, 1.82) is 0 Å². The standard InChI is InChI=1S/C22H26N4O4S2/c1-13-3-4-16(7-14(13)2)25-9-15(8-20(25)27)22(28)23-21-18-10-31-11-19(18)24-26(21)17-5-6-32(29,30)12-17/h3-4,7,15,17H,5-6,8-12H2,1-2H3,(H,23,28). The summed E-state index contributed by atoms with van der Waals surface area (Å²) in [6, 6.07) is 5.62. The van der Waals surface area contributed by atoms with E-state index >= 15 is 0 Å². The summed E-state index contributed by atoms with van der Waals surface area (Å²) < 4.78 is 25.7. The minimum absolute atomic E-state index is 0.0477. The van der Waals surface area contributed by atoms with Crippen LogP contribution in [-0.2, 0) is 30.9 Å². The number of sulfone groups is 1. The normalized spacial score (nSPS) is 24.2. The highest BCUT2D eigenvalue weighted by atomic mass is 32.2. The second-order valence-corrected chi connectivity index (χ2v) is 12.1. The highest BCUT2D eigenvalue weighted by Crippen LogP contribution is 2.38. The fourth-order valence-electron chi connectivity index (χ4n) is 4.64. The lowest BCUT2D eigenvalue weighted by molar-refractivity contribution is -0.122. The molecule has 2 aromatic rings. The van der Waals surface area contributed by atoms with Crippen LogP contribution in [0.25, 0.3) is 0 Å². The molecule has 5 rings (SSSR count). The third-order valence-electron chi connectivity index (χ3n) is 6.67. The second kappa shape index (κ2) is 7.91. The molecule has 3 aliphatic rings. The second-order valence-electron chi connectivity index (χ2n) is 8.93. The maximum atomic E-state index is 13.2. The Bertz CT molecular complexity index is 1220. The molecule has 2 amide bonds. The van der Waals surface area contributed by atoms with E-state index in [4.69, 9.17) is 0 Å². The van der Waals surface area contributed by atoms with Gasteiger partial charge in [-0.2, -0.15) is 16.9 Å². The molecule has 4 heterocycles. The van der Waals surface area contributed by atoms with Crippen molar-refractivity contribution >= 4 is 44.9 Å². The summed E-state index contributed by atoms with van der Waals surface area (Å²) in [7, 11) is -3.08. The van der Waals surface area contributed by atoms with Crippen LogP contribution in [0, 0.1) is 19.8 Å². The Morgan fingerprint density at radius 3 is 2.75 bits per heavy atom. The van der Waals surface area contributed by atoms with Crippen LogP contribution < -0.4 is 10.2 Å². The number of anilines is 2. The number of aryl methyl sites for hydroxylation is 2. The Kier molecular flexibility index (Phi) is 5.32. The first-order valence-corrected chi connectivity index (χ1v) is 13.8. The van der Waals surface area contributed by atoms with Gasteiger partial charge in [-0.1, -0.05) is 6.07 Å². The van der Waals surface area contributed by atoms with Gasteiger partial charge in [-0.05, 0) is 43.5 Å². The van der Waals surface area contributed by atoms with E-state index < -0.39 is 15.8 Å². The summed E-state index contributed by atoms with van der Waals surface area (Å²) in [5.74, 6) is 1.54. The fourth-order valence-corrected chi connectivity index (χ4v) is 7.37. The number of nitrogens with zero attached hydrogens (tertiary/aromatic N) is 3. The molecule has 0 aliphatic carbocycles. The quantitative estimate of drug-likeness (QED) is 0.731. The van der Waals surface area contributed by atoms with E-state index in [0.29, 0.717) is 18.8 Å². The molecule has 1 aromatic carbocycles. The molecule has 3 aliphatic heterocycles. The van der Waals surface area contributed by atoms with Crippen molar-refractivity contribution in [3.05, 3.63) is 40.6 Å². The third kappa shape index (κ3) is 3.83. The minimum Gasteiger partial charge on any atom is -0.312 e. The summed E-state index contributed by atoms with van der Waals surface area (Å²) in [6.07, 6.45) is 0.656. The van der Waals surface area contributed by atoms with Crippen molar-refractivity contribution < 1.29 is 18.0 Å². The average molecular weight is 475 g/mol. The van der Waals surface area contributed by atoms with Gasteiger partial charge < -0.3 is 10.2 Å². The smallest absolute Gasteiger partial charge is 0.230 e. The Morgan fingerprint density at radius 1 is 1.22 bits per heavy atom. The highest BCUT2D eigenvalue weighted by molar-refractivity contribution is 7.98. The Hall–Kier alpha value is -2.33. The summed E-state index contributed by atoms with van der Waals surface area (Å²) in [4.78, 5) is 27.6. The Balaban J connectivity index is 1.36. The summed E-state index contributed by atoms with van der Waals surface area (Å²) in [5.41, 5.74) is 4.96. The number of aromatic nitrogens is 2. The average Bonchev–Trinajstić information content (AvgIpc) is 3.49. The van der Waals surface area contributed by atoms with E-state index in [9.17, 15) is 18.0 Å². The Morgan fingerprint density at radius 2 is 2.03 bits per heavy atom. The highest BCUT2D eigenvalue weighted by Gasteiger charge is 2.38. The van der Waals surface area contributed by atoms with Crippen molar-refractivity contribution in [2.75, 3.05) is 28.3 Å². The van der Waals surface area contributed by atoms with Crippen LogP contribution in [0.3, 0.4) is 0 Å². The molecule has 10 heteroatoms.